The van der Waals surface area contributed by atoms with Gasteiger partial charge in [0.05, 0.1) is 22.9 Å². The van der Waals surface area contributed by atoms with Crippen molar-refractivity contribution in [1.29, 1.82) is 0 Å². The Morgan fingerprint density at radius 3 is 2.68 bits per heavy atom. The lowest BCUT2D eigenvalue weighted by Crippen LogP contribution is -2.22. The van der Waals surface area contributed by atoms with E-state index in [0.717, 1.165) is 19.4 Å². The van der Waals surface area contributed by atoms with Gasteiger partial charge in [-0.1, -0.05) is 24.9 Å². The van der Waals surface area contributed by atoms with Crippen LogP contribution in [0.25, 0.3) is 0 Å². The van der Waals surface area contributed by atoms with Crippen LogP contribution in [0, 0.1) is 0 Å². The Kier molecular flexibility index (Phi) is 5.96. The minimum atomic E-state index is -0.393. The quantitative estimate of drug-likeness (QED) is 0.643. The zero-order valence-corrected chi connectivity index (χ0v) is 12.5. The van der Waals surface area contributed by atoms with Crippen LogP contribution in [-0.2, 0) is 4.74 Å². The number of carbonyl (C=O) groups excluding carboxylic acids is 1. The van der Waals surface area contributed by atoms with E-state index in [0.29, 0.717) is 28.6 Å². The predicted molar refractivity (Wildman–Crippen MR) is 80.0 cm³/mol. The van der Waals surface area contributed by atoms with Gasteiger partial charge in [-0.15, -0.1) is 0 Å². The number of halogens is 1. The van der Waals surface area contributed by atoms with Crippen molar-refractivity contribution < 1.29 is 9.53 Å². The SMILES string of the molecule is CCCCN(C)c1c(Cl)cc(N)cc1C(=O)OCC. The van der Waals surface area contributed by atoms with Crippen LogP contribution in [0.1, 0.15) is 37.0 Å². The smallest absolute Gasteiger partial charge is 0.340 e. The maximum atomic E-state index is 12.0. The molecule has 106 valence electrons. The van der Waals surface area contributed by atoms with Crippen LogP contribution in [0.15, 0.2) is 12.1 Å². The molecular formula is C14H21ClN2O2. The maximum absolute atomic E-state index is 12.0. The summed E-state index contributed by atoms with van der Waals surface area (Å²) in [6.45, 7) is 5.03. The van der Waals surface area contributed by atoms with E-state index >= 15 is 0 Å². The topological polar surface area (TPSA) is 55.6 Å². The van der Waals surface area contributed by atoms with Crippen LogP contribution < -0.4 is 10.6 Å². The third-order valence-corrected chi connectivity index (χ3v) is 3.10. The molecule has 4 nitrogen and oxygen atoms in total. The van der Waals surface area contributed by atoms with E-state index in [1.54, 1.807) is 19.1 Å². The van der Waals surface area contributed by atoms with Crippen molar-refractivity contribution in [3.63, 3.8) is 0 Å². The first-order valence-electron chi connectivity index (χ1n) is 6.48. The summed E-state index contributed by atoms with van der Waals surface area (Å²) in [6, 6.07) is 3.27. The summed E-state index contributed by atoms with van der Waals surface area (Å²) in [4.78, 5) is 14.0. The number of nitrogen functional groups attached to an aromatic ring is 1. The first-order chi connectivity index (χ1) is 9.01. The minimum absolute atomic E-state index is 0.323. The predicted octanol–water partition coefficient (Wildman–Crippen LogP) is 3.34. The van der Waals surface area contributed by atoms with Crippen molar-refractivity contribution in [3.8, 4) is 0 Å². The number of carbonyl (C=O) groups is 1. The third-order valence-electron chi connectivity index (χ3n) is 2.81. The summed E-state index contributed by atoms with van der Waals surface area (Å²) in [6.07, 6.45) is 2.10. The molecule has 0 heterocycles. The lowest BCUT2D eigenvalue weighted by Gasteiger charge is -2.23. The normalized spacial score (nSPS) is 10.3. The van der Waals surface area contributed by atoms with Crippen molar-refractivity contribution in [2.45, 2.75) is 26.7 Å². The number of nitrogens with two attached hydrogens (primary N) is 1. The van der Waals surface area contributed by atoms with Crippen molar-refractivity contribution >= 4 is 28.9 Å². The minimum Gasteiger partial charge on any atom is -0.462 e. The Morgan fingerprint density at radius 1 is 1.42 bits per heavy atom. The molecule has 0 fully saturated rings. The molecule has 0 aromatic heterocycles. The summed E-state index contributed by atoms with van der Waals surface area (Å²) in [5.41, 5.74) is 7.32. The second-order valence-electron chi connectivity index (χ2n) is 4.39. The van der Waals surface area contributed by atoms with E-state index in [9.17, 15) is 4.79 Å². The number of nitrogens with zero attached hydrogens (tertiary/aromatic N) is 1. The molecule has 0 spiro atoms. The summed E-state index contributed by atoms with van der Waals surface area (Å²) < 4.78 is 5.05. The van der Waals surface area contributed by atoms with Gasteiger partial charge in [0.2, 0.25) is 0 Å². The molecule has 0 amide bonds. The molecule has 0 bridgehead atoms. The monoisotopic (exact) mass is 284 g/mol. The van der Waals surface area contributed by atoms with Gasteiger partial charge in [0, 0.05) is 19.3 Å². The van der Waals surface area contributed by atoms with Gasteiger partial charge in [0.15, 0.2) is 0 Å². The van der Waals surface area contributed by atoms with E-state index in [4.69, 9.17) is 22.1 Å². The van der Waals surface area contributed by atoms with Crippen LogP contribution in [0.4, 0.5) is 11.4 Å². The average molecular weight is 285 g/mol. The van der Waals surface area contributed by atoms with Gasteiger partial charge in [-0.3, -0.25) is 0 Å². The van der Waals surface area contributed by atoms with E-state index in [1.165, 1.54) is 0 Å². The van der Waals surface area contributed by atoms with Crippen LogP contribution in [0.3, 0.4) is 0 Å². The van der Waals surface area contributed by atoms with Crippen molar-refractivity contribution in [2.24, 2.45) is 0 Å². The Bertz CT molecular complexity index is 449. The van der Waals surface area contributed by atoms with Crippen LogP contribution in [0.5, 0.6) is 0 Å². The number of hydrogen-bond donors (Lipinski definition) is 1. The fraction of sp³-hybridized carbons (Fsp3) is 0.500. The molecule has 0 saturated carbocycles. The van der Waals surface area contributed by atoms with Crippen LogP contribution in [-0.4, -0.2) is 26.2 Å². The first kappa shape index (κ1) is 15.6. The molecule has 0 saturated heterocycles. The maximum Gasteiger partial charge on any atom is 0.340 e. The lowest BCUT2D eigenvalue weighted by molar-refractivity contribution is 0.0527. The van der Waals surface area contributed by atoms with Gasteiger partial charge in [-0.05, 0) is 25.5 Å². The average Bonchev–Trinajstić information content (AvgIpc) is 2.35. The number of ether oxygens (including phenoxy) is 1. The van der Waals surface area contributed by atoms with Gasteiger partial charge in [-0.2, -0.15) is 0 Å². The summed E-state index contributed by atoms with van der Waals surface area (Å²) in [7, 11) is 1.91. The number of hydrogen-bond acceptors (Lipinski definition) is 4. The van der Waals surface area contributed by atoms with Crippen LogP contribution in [0.2, 0.25) is 5.02 Å². The molecule has 1 rings (SSSR count). The Hall–Kier alpha value is -1.42. The molecule has 0 aliphatic rings. The molecule has 1 aromatic rings. The molecule has 5 heteroatoms. The highest BCUT2D eigenvalue weighted by molar-refractivity contribution is 6.34. The molecule has 0 radical (unpaired) electrons. The second kappa shape index (κ2) is 7.24. The number of anilines is 2. The first-order valence-corrected chi connectivity index (χ1v) is 6.86. The number of benzene rings is 1. The van der Waals surface area contributed by atoms with E-state index < -0.39 is 5.97 Å². The third kappa shape index (κ3) is 4.03. The largest absolute Gasteiger partial charge is 0.462 e. The van der Waals surface area contributed by atoms with E-state index in [2.05, 4.69) is 6.92 Å². The molecule has 0 aliphatic carbocycles. The fourth-order valence-corrected chi connectivity index (χ4v) is 2.25. The molecule has 0 aliphatic heterocycles. The fourth-order valence-electron chi connectivity index (χ4n) is 1.88. The summed E-state index contributed by atoms with van der Waals surface area (Å²) >= 11 is 6.22. The summed E-state index contributed by atoms with van der Waals surface area (Å²) in [5.74, 6) is -0.393. The zero-order valence-electron chi connectivity index (χ0n) is 11.7. The molecular weight excluding hydrogens is 264 g/mol. The molecule has 1 aromatic carbocycles. The van der Waals surface area contributed by atoms with Gasteiger partial charge >= 0.3 is 5.97 Å². The Labute approximate surface area is 119 Å². The molecule has 19 heavy (non-hydrogen) atoms. The summed E-state index contributed by atoms with van der Waals surface area (Å²) in [5, 5.41) is 0.474. The van der Waals surface area contributed by atoms with Gasteiger partial charge in [-0.25, -0.2) is 4.79 Å². The number of unbranched alkanes of at least 4 members (excludes halogenated alkanes) is 1. The van der Waals surface area contributed by atoms with Gasteiger partial charge < -0.3 is 15.4 Å². The molecule has 0 unspecified atom stereocenters. The Balaban J connectivity index is 3.16. The van der Waals surface area contributed by atoms with Gasteiger partial charge in [0.1, 0.15) is 0 Å². The van der Waals surface area contributed by atoms with Crippen LogP contribution >= 0.6 is 11.6 Å². The van der Waals surface area contributed by atoms with Crippen molar-refractivity contribution in [3.05, 3.63) is 22.7 Å². The molecule has 0 atom stereocenters. The zero-order chi connectivity index (χ0) is 14.4. The number of esters is 1. The van der Waals surface area contributed by atoms with E-state index in [-0.39, 0.29) is 0 Å². The van der Waals surface area contributed by atoms with Gasteiger partial charge in [0.25, 0.3) is 0 Å². The standard InChI is InChI=1S/C14H21ClN2O2/c1-4-6-7-17(3)13-11(14(18)19-5-2)8-10(16)9-12(13)15/h8-9H,4-7,16H2,1-3H3. The highest BCUT2D eigenvalue weighted by Crippen LogP contribution is 2.32. The Morgan fingerprint density at radius 2 is 2.11 bits per heavy atom. The van der Waals surface area contributed by atoms with Crippen molar-refractivity contribution in [2.75, 3.05) is 30.8 Å². The lowest BCUT2D eigenvalue weighted by atomic mass is 10.1. The number of rotatable bonds is 6. The highest BCUT2D eigenvalue weighted by Gasteiger charge is 2.19. The van der Waals surface area contributed by atoms with E-state index in [1.807, 2.05) is 11.9 Å². The van der Waals surface area contributed by atoms with Crippen molar-refractivity contribution in [1.82, 2.24) is 0 Å². The second-order valence-corrected chi connectivity index (χ2v) is 4.80. The molecule has 2 N–H and O–H groups in total. The highest BCUT2D eigenvalue weighted by atomic mass is 35.5.